The standard InChI is InChI=1S/C49H90O12S/c1-3-5-7-9-11-13-15-17-19-21-22-24-26-28-30-32-34-36-38-45(51)59-43(42-58-49-47(53)48(61-62(54,55)56)46(52)44(40-50)60-49)41-57-39-37-35-33-31-29-27-25-23-20-18-16-14-12-10-8-6-4-2/h14,16,19-21,23,43-44,46-50,52-53H,3-13,15,17-18,22,24-42H2,1-2H3,(H,54,55,56)/b16-14-,21-19-,23-20-. The molecule has 6 unspecified atom stereocenters. The summed E-state index contributed by atoms with van der Waals surface area (Å²) in [5.41, 5.74) is 0. The van der Waals surface area contributed by atoms with Crippen LogP contribution in [0.15, 0.2) is 36.5 Å². The van der Waals surface area contributed by atoms with Crippen molar-refractivity contribution in [2.75, 3.05) is 26.4 Å². The average molecular weight is 903 g/mol. The zero-order valence-corrected chi connectivity index (χ0v) is 39.7. The van der Waals surface area contributed by atoms with Crippen molar-refractivity contribution < 1.29 is 56.2 Å². The molecule has 364 valence electrons. The van der Waals surface area contributed by atoms with Crippen LogP contribution in [0.5, 0.6) is 0 Å². The number of esters is 1. The Bertz CT molecular complexity index is 1230. The van der Waals surface area contributed by atoms with Crippen LogP contribution in [0.1, 0.15) is 206 Å². The molecule has 0 amide bonds. The van der Waals surface area contributed by atoms with E-state index in [4.69, 9.17) is 18.9 Å². The van der Waals surface area contributed by atoms with E-state index in [1.165, 1.54) is 116 Å². The summed E-state index contributed by atoms with van der Waals surface area (Å²) in [5.74, 6) is -0.407. The lowest BCUT2D eigenvalue weighted by atomic mass is 9.99. The quantitative estimate of drug-likeness (QED) is 0.0197. The fourth-order valence-electron chi connectivity index (χ4n) is 7.46. The molecule has 1 heterocycles. The molecule has 1 aliphatic rings. The maximum atomic E-state index is 12.9. The molecule has 0 aromatic carbocycles. The van der Waals surface area contributed by atoms with Crippen LogP contribution in [0.3, 0.4) is 0 Å². The Morgan fingerprint density at radius 1 is 0.613 bits per heavy atom. The number of aliphatic hydroxyl groups excluding tert-OH is 3. The number of hydrogen-bond donors (Lipinski definition) is 4. The lowest BCUT2D eigenvalue weighted by molar-refractivity contribution is -0.301. The minimum atomic E-state index is -5.06. The molecule has 6 atom stereocenters. The Balaban J connectivity index is 2.40. The van der Waals surface area contributed by atoms with Crippen molar-refractivity contribution in [3.63, 3.8) is 0 Å². The van der Waals surface area contributed by atoms with Gasteiger partial charge in [-0.15, -0.1) is 0 Å². The molecule has 1 rings (SSSR count). The molecule has 0 bridgehead atoms. The van der Waals surface area contributed by atoms with E-state index >= 15 is 0 Å². The molecule has 0 spiro atoms. The van der Waals surface area contributed by atoms with Crippen LogP contribution in [0.25, 0.3) is 0 Å². The van der Waals surface area contributed by atoms with Crippen LogP contribution in [0.2, 0.25) is 0 Å². The third-order valence-corrected chi connectivity index (χ3v) is 11.7. The van der Waals surface area contributed by atoms with Gasteiger partial charge in [-0.25, -0.2) is 4.18 Å². The monoisotopic (exact) mass is 903 g/mol. The topological polar surface area (TPSA) is 178 Å². The summed E-state index contributed by atoms with van der Waals surface area (Å²) in [6.07, 6.45) is 38.8. The van der Waals surface area contributed by atoms with E-state index in [2.05, 4.69) is 54.5 Å². The average Bonchev–Trinajstić information content (AvgIpc) is 3.24. The summed E-state index contributed by atoms with van der Waals surface area (Å²) in [6, 6.07) is 0. The molecule has 1 saturated heterocycles. The first-order valence-electron chi connectivity index (χ1n) is 24.7. The van der Waals surface area contributed by atoms with Crippen molar-refractivity contribution in [2.45, 2.75) is 243 Å². The molecule has 0 aliphatic carbocycles. The van der Waals surface area contributed by atoms with Gasteiger partial charge in [0.05, 0.1) is 19.8 Å². The highest BCUT2D eigenvalue weighted by Crippen LogP contribution is 2.26. The molecule has 62 heavy (non-hydrogen) atoms. The third kappa shape index (κ3) is 33.8. The van der Waals surface area contributed by atoms with Crippen molar-refractivity contribution in [2.24, 2.45) is 0 Å². The largest absolute Gasteiger partial charge is 0.457 e. The third-order valence-electron chi connectivity index (χ3n) is 11.2. The minimum absolute atomic E-state index is 0.0280. The molecule has 4 N–H and O–H groups in total. The number of carbonyl (C=O) groups is 1. The van der Waals surface area contributed by atoms with Crippen molar-refractivity contribution in [1.29, 1.82) is 0 Å². The van der Waals surface area contributed by atoms with E-state index in [0.717, 1.165) is 64.2 Å². The predicted octanol–water partition coefficient (Wildman–Crippen LogP) is 11.0. The summed E-state index contributed by atoms with van der Waals surface area (Å²) in [4.78, 5) is 12.9. The molecule has 12 nitrogen and oxygen atoms in total. The highest BCUT2D eigenvalue weighted by Gasteiger charge is 2.48. The maximum Gasteiger partial charge on any atom is 0.397 e. The van der Waals surface area contributed by atoms with Gasteiger partial charge in [-0.2, -0.15) is 8.42 Å². The van der Waals surface area contributed by atoms with Crippen LogP contribution in [0.4, 0.5) is 0 Å². The molecular formula is C49H90O12S. The van der Waals surface area contributed by atoms with Crippen LogP contribution in [-0.2, 0) is 38.3 Å². The molecule has 0 saturated carbocycles. The molecule has 0 aromatic heterocycles. The smallest absolute Gasteiger partial charge is 0.397 e. The highest BCUT2D eigenvalue weighted by atomic mass is 32.3. The number of carbonyl (C=O) groups excluding carboxylic acids is 1. The van der Waals surface area contributed by atoms with Crippen molar-refractivity contribution >= 4 is 16.4 Å². The first-order valence-corrected chi connectivity index (χ1v) is 26.1. The van der Waals surface area contributed by atoms with E-state index < -0.39 is 59.8 Å². The van der Waals surface area contributed by atoms with Gasteiger partial charge in [0, 0.05) is 13.0 Å². The van der Waals surface area contributed by atoms with Crippen LogP contribution < -0.4 is 0 Å². The molecule has 13 heteroatoms. The van der Waals surface area contributed by atoms with Gasteiger partial charge in [-0.05, 0) is 70.6 Å². The lowest BCUT2D eigenvalue weighted by Gasteiger charge is -2.41. The number of ether oxygens (including phenoxy) is 4. The Hall–Kier alpha value is -1.68. The number of allylic oxidation sites excluding steroid dienone is 6. The van der Waals surface area contributed by atoms with E-state index in [0.29, 0.717) is 13.0 Å². The summed E-state index contributed by atoms with van der Waals surface area (Å²) in [7, 11) is -5.06. The lowest BCUT2D eigenvalue weighted by Crippen LogP contribution is -2.60. The second-order valence-electron chi connectivity index (χ2n) is 17.0. The minimum Gasteiger partial charge on any atom is -0.457 e. The van der Waals surface area contributed by atoms with E-state index in [1.807, 2.05) is 0 Å². The second-order valence-corrected chi connectivity index (χ2v) is 18.1. The van der Waals surface area contributed by atoms with Gasteiger partial charge < -0.3 is 34.3 Å². The fourth-order valence-corrected chi connectivity index (χ4v) is 7.97. The van der Waals surface area contributed by atoms with Crippen molar-refractivity contribution in [3.05, 3.63) is 36.5 Å². The van der Waals surface area contributed by atoms with Gasteiger partial charge in [-0.1, -0.05) is 166 Å². The van der Waals surface area contributed by atoms with Crippen LogP contribution in [0, 0.1) is 0 Å². The first-order chi connectivity index (χ1) is 30.1. The highest BCUT2D eigenvalue weighted by molar-refractivity contribution is 7.80. The Morgan fingerprint density at radius 2 is 1.06 bits per heavy atom. The van der Waals surface area contributed by atoms with Gasteiger partial charge in [0.15, 0.2) is 6.29 Å². The zero-order valence-electron chi connectivity index (χ0n) is 38.9. The van der Waals surface area contributed by atoms with E-state index in [9.17, 15) is 33.1 Å². The SMILES string of the molecule is CCCCCC/C=C\C/C=C\CCCCCCCCOCC(COC1OC(CO)C(O)C(OS(=O)(=O)O)C1O)OC(=O)CCCCCCCCC/C=C\CCCCCCCCC. The normalized spacial score (nSPS) is 20.3. The van der Waals surface area contributed by atoms with E-state index in [-0.39, 0.29) is 19.6 Å². The number of hydrogen-bond acceptors (Lipinski definition) is 11. The van der Waals surface area contributed by atoms with E-state index in [1.54, 1.807) is 0 Å². The fraction of sp³-hybridized carbons (Fsp3) is 0.857. The second kappa shape index (κ2) is 40.8. The number of rotatable bonds is 43. The van der Waals surface area contributed by atoms with Gasteiger partial charge in [0.2, 0.25) is 0 Å². The Morgan fingerprint density at radius 3 is 1.56 bits per heavy atom. The van der Waals surface area contributed by atoms with Crippen molar-refractivity contribution in [1.82, 2.24) is 0 Å². The summed E-state index contributed by atoms with van der Waals surface area (Å²) >= 11 is 0. The number of aliphatic hydroxyl groups is 3. The predicted molar refractivity (Wildman–Crippen MR) is 248 cm³/mol. The summed E-state index contributed by atoms with van der Waals surface area (Å²) in [6.45, 7) is 3.96. The molecule has 0 aromatic rings. The molecule has 1 fully saturated rings. The van der Waals surface area contributed by atoms with Crippen LogP contribution in [-0.4, -0.2) is 97.5 Å². The first kappa shape index (κ1) is 58.3. The van der Waals surface area contributed by atoms with Gasteiger partial charge >= 0.3 is 16.4 Å². The van der Waals surface area contributed by atoms with Crippen LogP contribution >= 0.6 is 0 Å². The van der Waals surface area contributed by atoms with Gasteiger partial charge in [0.25, 0.3) is 0 Å². The van der Waals surface area contributed by atoms with Gasteiger partial charge in [-0.3, -0.25) is 9.35 Å². The van der Waals surface area contributed by atoms with Gasteiger partial charge in [0.1, 0.15) is 30.5 Å². The Labute approximate surface area is 377 Å². The molecular weight excluding hydrogens is 813 g/mol. The maximum absolute atomic E-state index is 12.9. The van der Waals surface area contributed by atoms with Crippen molar-refractivity contribution in [3.8, 4) is 0 Å². The number of unbranched alkanes of at least 4 members (excludes halogenated alkanes) is 24. The molecule has 0 radical (unpaired) electrons. The summed E-state index contributed by atoms with van der Waals surface area (Å²) < 4.78 is 59.2. The zero-order chi connectivity index (χ0) is 45.4. The molecule has 1 aliphatic heterocycles. The summed E-state index contributed by atoms with van der Waals surface area (Å²) in [5, 5.41) is 30.7. The Kier molecular flexibility index (Phi) is 38.4.